The third kappa shape index (κ3) is 1.91. The van der Waals surface area contributed by atoms with E-state index in [0.29, 0.717) is 5.82 Å². The van der Waals surface area contributed by atoms with Crippen molar-refractivity contribution < 1.29 is 4.79 Å². The Morgan fingerprint density at radius 3 is 2.58 bits per heavy atom. The standard InChI is InChI=1S/C7H10BrN3O/c1-5-9-4-11(10-5)6(12)7(2,3)8/h4H,1-3H3. The lowest BCUT2D eigenvalue weighted by atomic mass is 10.2. The molecule has 1 aromatic heterocycles. The van der Waals surface area contributed by atoms with Gasteiger partial charge in [0.2, 0.25) is 0 Å². The minimum absolute atomic E-state index is 0.122. The van der Waals surface area contributed by atoms with Gasteiger partial charge in [-0.05, 0) is 20.8 Å². The normalized spacial score (nSPS) is 11.7. The Balaban J connectivity index is 2.93. The van der Waals surface area contributed by atoms with E-state index in [1.807, 2.05) is 0 Å². The zero-order valence-corrected chi connectivity index (χ0v) is 8.79. The van der Waals surface area contributed by atoms with Crippen molar-refractivity contribution in [2.45, 2.75) is 25.1 Å². The summed E-state index contributed by atoms with van der Waals surface area (Å²) in [6, 6.07) is 0. The minimum atomic E-state index is -0.590. The van der Waals surface area contributed by atoms with E-state index in [9.17, 15) is 4.79 Å². The number of carbonyl (C=O) groups excluding carboxylic acids is 1. The number of hydrogen-bond acceptors (Lipinski definition) is 3. The molecule has 0 saturated heterocycles. The molecule has 0 aliphatic rings. The second-order valence-electron chi connectivity index (χ2n) is 3.01. The second kappa shape index (κ2) is 2.97. The molecular weight excluding hydrogens is 222 g/mol. The lowest BCUT2D eigenvalue weighted by Crippen LogP contribution is -2.30. The predicted octanol–water partition coefficient (Wildman–Crippen LogP) is 1.40. The second-order valence-corrected chi connectivity index (χ2v) is 5.00. The van der Waals surface area contributed by atoms with Crippen LogP contribution in [0.3, 0.4) is 0 Å². The Kier molecular flexibility index (Phi) is 2.32. The topological polar surface area (TPSA) is 47.8 Å². The average molecular weight is 232 g/mol. The van der Waals surface area contributed by atoms with Gasteiger partial charge in [0.25, 0.3) is 5.91 Å². The Labute approximate surface area is 79.1 Å². The van der Waals surface area contributed by atoms with Crippen molar-refractivity contribution in [3.05, 3.63) is 12.2 Å². The molecule has 0 unspecified atom stereocenters. The number of aromatic nitrogens is 3. The van der Waals surface area contributed by atoms with E-state index < -0.39 is 4.32 Å². The summed E-state index contributed by atoms with van der Waals surface area (Å²) in [7, 11) is 0. The van der Waals surface area contributed by atoms with Gasteiger partial charge in [-0.25, -0.2) is 4.98 Å². The third-order valence-corrected chi connectivity index (χ3v) is 1.66. The first-order valence-corrected chi connectivity index (χ1v) is 4.32. The minimum Gasteiger partial charge on any atom is -0.271 e. The van der Waals surface area contributed by atoms with E-state index >= 15 is 0 Å². The molecule has 0 saturated carbocycles. The van der Waals surface area contributed by atoms with Crippen molar-refractivity contribution in [1.82, 2.24) is 14.8 Å². The molecule has 0 N–H and O–H groups in total. The molecule has 66 valence electrons. The number of alkyl halides is 1. The third-order valence-electron chi connectivity index (χ3n) is 1.32. The monoisotopic (exact) mass is 231 g/mol. The number of aryl methyl sites for hydroxylation is 1. The van der Waals surface area contributed by atoms with Gasteiger partial charge in [0, 0.05) is 0 Å². The summed E-state index contributed by atoms with van der Waals surface area (Å²) in [5.41, 5.74) is 0. The van der Waals surface area contributed by atoms with Gasteiger partial charge in [0.15, 0.2) is 0 Å². The Morgan fingerprint density at radius 1 is 1.67 bits per heavy atom. The zero-order valence-electron chi connectivity index (χ0n) is 7.21. The van der Waals surface area contributed by atoms with E-state index in [-0.39, 0.29) is 5.91 Å². The Morgan fingerprint density at radius 2 is 2.25 bits per heavy atom. The highest BCUT2D eigenvalue weighted by Crippen LogP contribution is 2.17. The molecule has 0 atom stereocenters. The summed E-state index contributed by atoms with van der Waals surface area (Å²) < 4.78 is 0.650. The lowest BCUT2D eigenvalue weighted by molar-refractivity contribution is 0.0862. The molecule has 1 heterocycles. The SMILES string of the molecule is Cc1ncn(C(=O)C(C)(C)Br)n1. The summed E-state index contributed by atoms with van der Waals surface area (Å²) in [4.78, 5) is 15.4. The van der Waals surface area contributed by atoms with Gasteiger partial charge in [-0.2, -0.15) is 4.68 Å². The molecule has 0 aliphatic carbocycles. The fourth-order valence-corrected chi connectivity index (χ4v) is 0.898. The molecule has 0 bridgehead atoms. The van der Waals surface area contributed by atoms with E-state index in [2.05, 4.69) is 26.0 Å². The smallest absolute Gasteiger partial charge is 0.264 e. The first-order valence-electron chi connectivity index (χ1n) is 3.53. The van der Waals surface area contributed by atoms with E-state index in [0.717, 1.165) is 0 Å². The van der Waals surface area contributed by atoms with E-state index in [1.54, 1.807) is 20.8 Å². The number of halogens is 1. The highest BCUT2D eigenvalue weighted by Gasteiger charge is 2.25. The largest absolute Gasteiger partial charge is 0.271 e. The molecular formula is C7H10BrN3O. The molecule has 12 heavy (non-hydrogen) atoms. The predicted molar refractivity (Wildman–Crippen MR) is 48.4 cm³/mol. The van der Waals surface area contributed by atoms with E-state index in [1.165, 1.54) is 11.0 Å². The van der Waals surface area contributed by atoms with Crippen LogP contribution in [0.25, 0.3) is 0 Å². The van der Waals surface area contributed by atoms with Crippen molar-refractivity contribution >= 4 is 21.8 Å². The summed E-state index contributed by atoms with van der Waals surface area (Å²) >= 11 is 3.25. The molecule has 5 heteroatoms. The van der Waals surface area contributed by atoms with Gasteiger partial charge in [-0.15, -0.1) is 5.10 Å². The molecule has 0 radical (unpaired) electrons. The fourth-order valence-electron chi connectivity index (χ4n) is 0.716. The quantitative estimate of drug-likeness (QED) is 0.687. The average Bonchev–Trinajstić information content (AvgIpc) is 2.32. The number of hydrogen-bond donors (Lipinski definition) is 0. The number of carbonyl (C=O) groups is 1. The summed E-state index contributed by atoms with van der Waals surface area (Å²) in [5.74, 6) is 0.475. The highest BCUT2D eigenvalue weighted by molar-refractivity contribution is 9.10. The van der Waals surface area contributed by atoms with Crippen molar-refractivity contribution in [3.8, 4) is 0 Å². The molecule has 1 rings (SSSR count). The van der Waals surface area contributed by atoms with Crippen LogP contribution in [0.1, 0.15) is 24.5 Å². The van der Waals surface area contributed by atoms with Crippen LogP contribution < -0.4 is 0 Å². The van der Waals surface area contributed by atoms with Gasteiger partial charge in [-0.1, -0.05) is 15.9 Å². The van der Waals surface area contributed by atoms with Crippen molar-refractivity contribution in [2.24, 2.45) is 0 Å². The molecule has 0 amide bonds. The maximum Gasteiger partial charge on any atom is 0.264 e. The van der Waals surface area contributed by atoms with Gasteiger partial charge in [-0.3, -0.25) is 4.79 Å². The molecule has 0 spiro atoms. The van der Waals surface area contributed by atoms with Gasteiger partial charge in [0.05, 0.1) is 0 Å². The van der Waals surface area contributed by atoms with E-state index in [4.69, 9.17) is 0 Å². The van der Waals surface area contributed by atoms with Crippen molar-refractivity contribution in [3.63, 3.8) is 0 Å². The van der Waals surface area contributed by atoms with Crippen LogP contribution >= 0.6 is 15.9 Å². The van der Waals surface area contributed by atoms with Crippen LogP contribution in [0.15, 0.2) is 6.33 Å². The first-order chi connectivity index (χ1) is 5.41. The van der Waals surface area contributed by atoms with Gasteiger partial charge >= 0.3 is 0 Å². The van der Waals surface area contributed by atoms with Crippen LogP contribution in [0.5, 0.6) is 0 Å². The number of rotatable bonds is 1. The van der Waals surface area contributed by atoms with Crippen molar-refractivity contribution in [1.29, 1.82) is 0 Å². The molecule has 1 aromatic rings. The fraction of sp³-hybridized carbons (Fsp3) is 0.571. The van der Waals surface area contributed by atoms with Crippen LogP contribution in [-0.4, -0.2) is 25.0 Å². The molecule has 0 aliphatic heterocycles. The molecule has 4 nitrogen and oxygen atoms in total. The van der Waals surface area contributed by atoms with Crippen LogP contribution in [-0.2, 0) is 0 Å². The maximum absolute atomic E-state index is 11.5. The summed E-state index contributed by atoms with van der Waals surface area (Å²) in [6.45, 7) is 5.28. The number of nitrogens with zero attached hydrogens (tertiary/aromatic N) is 3. The Bertz CT molecular complexity index is 300. The lowest BCUT2D eigenvalue weighted by Gasteiger charge is -2.12. The van der Waals surface area contributed by atoms with Crippen LogP contribution in [0, 0.1) is 6.92 Å². The van der Waals surface area contributed by atoms with Gasteiger partial charge < -0.3 is 0 Å². The van der Waals surface area contributed by atoms with Gasteiger partial charge in [0.1, 0.15) is 16.5 Å². The highest BCUT2D eigenvalue weighted by atomic mass is 79.9. The Hall–Kier alpha value is -0.710. The summed E-state index contributed by atoms with van der Waals surface area (Å²) in [5, 5.41) is 3.90. The molecule has 0 aromatic carbocycles. The summed E-state index contributed by atoms with van der Waals surface area (Å²) in [6.07, 6.45) is 1.42. The van der Waals surface area contributed by atoms with Crippen LogP contribution in [0.4, 0.5) is 0 Å². The van der Waals surface area contributed by atoms with Crippen molar-refractivity contribution in [2.75, 3.05) is 0 Å². The van der Waals surface area contributed by atoms with Crippen LogP contribution in [0.2, 0.25) is 0 Å². The maximum atomic E-state index is 11.5. The zero-order chi connectivity index (χ0) is 9.35. The molecule has 0 fully saturated rings. The first kappa shape index (κ1) is 9.38.